The van der Waals surface area contributed by atoms with Crippen LogP contribution in [0.2, 0.25) is 0 Å². The summed E-state index contributed by atoms with van der Waals surface area (Å²) in [5, 5.41) is 2.88. The molecule has 2 aliphatic rings. The van der Waals surface area contributed by atoms with E-state index >= 15 is 0 Å². The number of rotatable bonds is 3. The fourth-order valence-electron chi connectivity index (χ4n) is 3.20. The minimum absolute atomic E-state index is 0.156. The Hall–Kier alpha value is -2.82. The molecule has 5 nitrogen and oxygen atoms in total. The van der Waals surface area contributed by atoms with Crippen LogP contribution in [0.4, 0.5) is 11.4 Å². The monoisotopic (exact) mass is 322 g/mol. The van der Waals surface area contributed by atoms with E-state index in [1.807, 2.05) is 48.5 Å². The van der Waals surface area contributed by atoms with Crippen LogP contribution < -0.4 is 15.0 Å². The van der Waals surface area contributed by atoms with E-state index in [0.717, 1.165) is 30.0 Å². The van der Waals surface area contributed by atoms with Gasteiger partial charge in [-0.05, 0) is 42.3 Å². The van der Waals surface area contributed by atoms with Gasteiger partial charge in [-0.2, -0.15) is 0 Å². The van der Waals surface area contributed by atoms with Crippen molar-refractivity contribution in [3.8, 4) is 5.75 Å². The van der Waals surface area contributed by atoms with Crippen molar-refractivity contribution < 1.29 is 14.3 Å². The van der Waals surface area contributed by atoms with Crippen LogP contribution in [0.5, 0.6) is 5.75 Å². The maximum atomic E-state index is 12.4. The lowest BCUT2D eigenvalue weighted by Gasteiger charge is -2.16. The smallest absolute Gasteiger partial charge is 0.265 e. The average molecular weight is 322 g/mol. The molecule has 5 heteroatoms. The van der Waals surface area contributed by atoms with Crippen LogP contribution in [0.15, 0.2) is 48.5 Å². The number of fused-ring (bicyclic) bond motifs is 1. The molecule has 0 aromatic heterocycles. The van der Waals surface area contributed by atoms with E-state index in [1.165, 1.54) is 0 Å². The largest absolute Gasteiger partial charge is 0.480 e. The first-order chi connectivity index (χ1) is 11.7. The molecular weight excluding hydrogens is 304 g/mol. The van der Waals surface area contributed by atoms with Crippen molar-refractivity contribution in [1.82, 2.24) is 0 Å². The van der Waals surface area contributed by atoms with E-state index < -0.39 is 6.10 Å². The second-order valence-electron chi connectivity index (χ2n) is 6.10. The molecule has 1 N–H and O–H groups in total. The van der Waals surface area contributed by atoms with Crippen LogP contribution in [0.25, 0.3) is 0 Å². The van der Waals surface area contributed by atoms with Crippen molar-refractivity contribution in [2.75, 3.05) is 16.8 Å². The number of carbonyl (C=O) groups is 2. The van der Waals surface area contributed by atoms with E-state index in [4.69, 9.17) is 4.74 Å². The number of nitrogens with zero attached hydrogens (tertiary/aromatic N) is 1. The van der Waals surface area contributed by atoms with E-state index in [0.29, 0.717) is 18.5 Å². The fourth-order valence-corrected chi connectivity index (χ4v) is 3.20. The lowest BCUT2D eigenvalue weighted by Crippen LogP contribution is -2.31. The van der Waals surface area contributed by atoms with Crippen LogP contribution in [-0.2, 0) is 16.0 Å². The molecule has 1 saturated heterocycles. The first kappa shape index (κ1) is 14.8. The highest BCUT2D eigenvalue weighted by atomic mass is 16.5. The Morgan fingerprint density at radius 3 is 2.62 bits per heavy atom. The Kier molecular flexibility index (Phi) is 3.69. The van der Waals surface area contributed by atoms with Crippen LogP contribution in [0.3, 0.4) is 0 Å². The molecule has 0 bridgehead atoms. The predicted molar refractivity (Wildman–Crippen MR) is 91.2 cm³/mol. The molecule has 0 radical (unpaired) electrons. The van der Waals surface area contributed by atoms with Crippen molar-refractivity contribution in [3.63, 3.8) is 0 Å². The quantitative estimate of drug-likeness (QED) is 0.945. The Bertz CT molecular complexity index is 760. The van der Waals surface area contributed by atoms with Gasteiger partial charge in [0.15, 0.2) is 6.10 Å². The van der Waals surface area contributed by atoms with Gasteiger partial charge in [-0.15, -0.1) is 0 Å². The second kappa shape index (κ2) is 6.00. The van der Waals surface area contributed by atoms with Gasteiger partial charge in [-0.3, -0.25) is 9.59 Å². The summed E-state index contributed by atoms with van der Waals surface area (Å²) in [6, 6.07) is 15.1. The topological polar surface area (TPSA) is 58.6 Å². The zero-order valence-electron chi connectivity index (χ0n) is 13.2. The van der Waals surface area contributed by atoms with Crippen molar-refractivity contribution in [2.45, 2.75) is 25.4 Å². The molecule has 2 heterocycles. The van der Waals surface area contributed by atoms with Crippen LogP contribution >= 0.6 is 0 Å². The number of ether oxygens (including phenoxy) is 1. The normalized spacial score (nSPS) is 19.1. The molecule has 0 spiro atoms. The van der Waals surface area contributed by atoms with Gasteiger partial charge in [0, 0.05) is 30.8 Å². The fraction of sp³-hybridized carbons (Fsp3) is 0.263. The van der Waals surface area contributed by atoms with Gasteiger partial charge in [0.2, 0.25) is 5.91 Å². The maximum Gasteiger partial charge on any atom is 0.265 e. The summed E-state index contributed by atoms with van der Waals surface area (Å²) in [4.78, 5) is 25.9. The van der Waals surface area contributed by atoms with E-state index in [9.17, 15) is 9.59 Å². The SMILES string of the molecule is O=C(Nc1ccc(N2CCCC2=O)cc1)[C@H]1Cc2ccccc2O1. The first-order valence-corrected chi connectivity index (χ1v) is 8.16. The number of nitrogens with one attached hydrogen (secondary N) is 1. The molecule has 0 aliphatic carbocycles. The highest BCUT2D eigenvalue weighted by molar-refractivity contribution is 5.97. The van der Waals surface area contributed by atoms with Gasteiger partial charge in [0.25, 0.3) is 5.91 Å². The van der Waals surface area contributed by atoms with Gasteiger partial charge in [-0.1, -0.05) is 18.2 Å². The molecular formula is C19H18N2O3. The predicted octanol–water partition coefficient (Wildman–Crippen LogP) is 2.76. The zero-order valence-corrected chi connectivity index (χ0v) is 13.2. The summed E-state index contributed by atoms with van der Waals surface area (Å²) in [6.07, 6.45) is 1.60. The summed E-state index contributed by atoms with van der Waals surface area (Å²) in [5.41, 5.74) is 2.63. The Morgan fingerprint density at radius 1 is 1.12 bits per heavy atom. The summed E-state index contributed by atoms with van der Waals surface area (Å²) in [6.45, 7) is 0.763. The molecule has 4 rings (SSSR count). The third-order valence-electron chi connectivity index (χ3n) is 4.46. The minimum Gasteiger partial charge on any atom is -0.480 e. The zero-order chi connectivity index (χ0) is 16.5. The third-order valence-corrected chi connectivity index (χ3v) is 4.46. The number of hydrogen-bond acceptors (Lipinski definition) is 3. The number of para-hydroxylation sites is 1. The van der Waals surface area contributed by atoms with Gasteiger partial charge >= 0.3 is 0 Å². The van der Waals surface area contributed by atoms with Crippen LogP contribution in [-0.4, -0.2) is 24.5 Å². The lowest BCUT2D eigenvalue weighted by molar-refractivity contribution is -0.122. The van der Waals surface area contributed by atoms with Gasteiger partial charge in [-0.25, -0.2) is 0 Å². The van der Waals surface area contributed by atoms with Crippen molar-refractivity contribution in [2.24, 2.45) is 0 Å². The molecule has 0 unspecified atom stereocenters. The molecule has 1 fully saturated rings. The second-order valence-corrected chi connectivity index (χ2v) is 6.10. The number of anilines is 2. The summed E-state index contributed by atoms with van der Waals surface area (Å²) >= 11 is 0. The molecule has 122 valence electrons. The van der Waals surface area contributed by atoms with Crippen molar-refractivity contribution in [1.29, 1.82) is 0 Å². The van der Waals surface area contributed by atoms with Gasteiger partial charge < -0.3 is 15.0 Å². The lowest BCUT2D eigenvalue weighted by atomic mass is 10.1. The van der Waals surface area contributed by atoms with Crippen LogP contribution in [0.1, 0.15) is 18.4 Å². The first-order valence-electron chi connectivity index (χ1n) is 8.16. The van der Waals surface area contributed by atoms with Crippen molar-refractivity contribution in [3.05, 3.63) is 54.1 Å². The number of amides is 2. The standard InChI is InChI=1S/C19H18N2O3/c22-18-6-3-11-21(18)15-9-7-14(8-10-15)20-19(23)17-12-13-4-1-2-5-16(13)24-17/h1-2,4-5,7-10,17H,3,6,11-12H2,(H,20,23)/t17-/m1/s1. The van der Waals surface area contributed by atoms with Crippen molar-refractivity contribution >= 4 is 23.2 Å². The molecule has 2 aromatic carbocycles. The molecule has 2 amide bonds. The molecule has 24 heavy (non-hydrogen) atoms. The average Bonchev–Trinajstić information content (AvgIpc) is 3.21. The summed E-state index contributed by atoms with van der Waals surface area (Å²) in [7, 11) is 0. The minimum atomic E-state index is -0.498. The molecule has 1 atom stereocenters. The Morgan fingerprint density at radius 2 is 1.92 bits per heavy atom. The van der Waals surface area contributed by atoms with E-state index in [1.54, 1.807) is 4.90 Å². The third kappa shape index (κ3) is 2.73. The Balaban J connectivity index is 1.41. The number of hydrogen-bond donors (Lipinski definition) is 1. The summed E-state index contributed by atoms with van der Waals surface area (Å²) < 4.78 is 5.70. The van der Waals surface area contributed by atoms with E-state index in [2.05, 4.69) is 5.32 Å². The summed E-state index contributed by atoms with van der Waals surface area (Å²) in [5.74, 6) is 0.778. The number of benzene rings is 2. The van der Waals surface area contributed by atoms with Crippen LogP contribution in [0, 0.1) is 0 Å². The molecule has 2 aromatic rings. The van der Waals surface area contributed by atoms with Gasteiger partial charge in [0.05, 0.1) is 0 Å². The molecule has 0 saturated carbocycles. The Labute approximate surface area is 140 Å². The molecule has 2 aliphatic heterocycles. The van der Waals surface area contributed by atoms with Gasteiger partial charge in [0.1, 0.15) is 5.75 Å². The number of carbonyl (C=O) groups excluding carboxylic acids is 2. The highest BCUT2D eigenvalue weighted by Crippen LogP contribution is 2.29. The highest BCUT2D eigenvalue weighted by Gasteiger charge is 2.29. The maximum absolute atomic E-state index is 12.4. The van der Waals surface area contributed by atoms with E-state index in [-0.39, 0.29) is 11.8 Å².